The van der Waals surface area contributed by atoms with Crippen LogP contribution < -0.4 is 0 Å². The van der Waals surface area contributed by atoms with Gasteiger partial charge in [-0.15, -0.1) is 0 Å². The van der Waals surface area contributed by atoms with Crippen LogP contribution in [0.5, 0.6) is 0 Å². The Kier molecular flexibility index (Phi) is 3.21. The average Bonchev–Trinajstić information content (AvgIpc) is 2.98. The van der Waals surface area contributed by atoms with Crippen molar-refractivity contribution >= 4 is 5.78 Å². The second-order valence-corrected chi connectivity index (χ2v) is 9.74. The molecule has 3 nitrogen and oxygen atoms in total. The Hall–Kier alpha value is -0.670. The molecule has 3 heteroatoms. The first kappa shape index (κ1) is 15.6. The first-order valence-electron chi connectivity index (χ1n) is 10.1. The maximum Gasteiger partial charge on any atom is 0.159 e. The number of carbonyl (C=O) groups excluding carboxylic acids is 1. The minimum absolute atomic E-state index is 0.0122. The molecule has 0 aromatic carbocycles. The van der Waals surface area contributed by atoms with Crippen molar-refractivity contribution in [1.82, 2.24) is 4.90 Å². The fourth-order valence-electron chi connectivity index (χ4n) is 6.94. The Labute approximate surface area is 145 Å². The van der Waals surface area contributed by atoms with Crippen LogP contribution in [-0.4, -0.2) is 35.1 Å². The minimum Gasteiger partial charge on any atom is -0.359 e. The molecule has 2 saturated carbocycles. The summed E-state index contributed by atoms with van der Waals surface area (Å²) >= 11 is 0. The van der Waals surface area contributed by atoms with Crippen molar-refractivity contribution in [3.63, 3.8) is 0 Å². The van der Waals surface area contributed by atoms with Crippen LogP contribution in [0.15, 0.2) is 11.6 Å². The number of allylic oxidation sites excluding steroid dienone is 1. The van der Waals surface area contributed by atoms with Crippen LogP contribution >= 0.6 is 0 Å². The Morgan fingerprint density at radius 3 is 2.88 bits per heavy atom. The minimum atomic E-state index is 0.0122. The second-order valence-electron chi connectivity index (χ2n) is 9.74. The lowest BCUT2D eigenvalue weighted by molar-refractivity contribution is -0.251. The van der Waals surface area contributed by atoms with E-state index >= 15 is 0 Å². The predicted octanol–water partition coefficient (Wildman–Crippen LogP) is 3.93. The Morgan fingerprint density at radius 2 is 2.04 bits per heavy atom. The van der Waals surface area contributed by atoms with Crippen molar-refractivity contribution in [2.45, 2.75) is 83.6 Å². The normalized spacial score (nSPS) is 49.9. The third kappa shape index (κ3) is 1.78. The van der Waals surface area contributed by atoms with E-state index in [0.717, 1.165) is 25.3 Å². The molecule has 0 radical (unpaired) electrons. The van der Waals surface area contributed by atoms with Crippen LogP contribution in [0.25, 0.3) is 0 Å². The molecule has 2 heterocycles. The lowest BCUT2D eigenvalue weighted by Crippen LogP contribution is -2.65. The molecule has 132 valence electrons. The van der Waals surface area contributed by atoms with Gasteiger partial charge in [0.1, 0.15) is 6.23 Å². The highest BCUT2D eigenvalue weighted by Gasteiger charge is 2.66. The standard InChI is InChI=1S/C21H31NO2/c1-13-7-8-16-18(10-13)24-19-21-9-5-4-6-15(21)17(23)11-14(21)12-22(19)20(16,2)3/h11,13,15-16,18-19H,4-10,12H2,1-3H3/t13-,15+,16-,18-,19+,21+/m1/s1. The number of ketones is 1. The molecule has 4 fully saturated rings. The van der Waals surface area contributed by atoms with Crippen molar-refractivity contribution in [3.05, 3.63) is 11.6 Å². The van der Waals surface area contributed by atoms with Crippen molar-refractivity contribution < 1.29 is 9.53 Å². The van der Waals surface area contributed by atoms with Crippen molar-refractivity contribution in [1.29, 1.82) is 0 Å². The van der Waals surface area contributed by atoms with E-state index in [0.29, 0.717) is 17.8 Å². The lowest BCUT2D eigenvalue weighted by Gasteiger charge is -2.58. The lowest BCUT2D eigenvalue weighted by atomic mass is 9.63. The molecule has 1 spiro atoms. The number of fused-ring (bicyclic) bond motifs is 2. The van der Waals surface area contributed by atoms with E-state index in [-0.39, 0.29) is 23.1 Å². The summed E-state index contributed by atoms with van der Waals surface area (Å²) in [6, 6.07) is 0. The van der Waals surface area contributed by atoms with Gasteiger partial charge in [0.05, 0.1) is 6.10 Å². The Morgan fingerprint density at radius 1 is 1.21 bits per heavy atom. The van der Waals surface area contributed by atoms with Gasteiger partial charge < -0.3 is 4.74 Å². The highest BCUT2D eigenvalue weighted by molar-refractivity contribution is 5.97. The van der Waals surface area contributed by atoms with Gasteiger partial charge in [0, 0.05) is 29.3 Å². The van der Waals surface area contributed by atoms with E-state index in [1.807, 2.05) is 6.08 Å². The van der Waals surface area contributed by atoms with Gasteiger partial charge in [-0.3, -0.25) is 9.69 Å². The number of rotatable bonds is 0. The molecule has 5 rings (SSSR count). The van der Waals surface area contributed by atoms with Crippen molar-refractivity contribution in [2.75, 3.05) is 6.54 Å². The van der Waals surface area contributed by atoms with Gasteiger partial charge >= 0.3 is 0 Å². The fourth-order valence-corrected chi connectivity index (χ4v) is 6.94. The smallest absolute Gasteiger partial charge is 0.159 e. The predicted molar refractivity (Wildman–Crippen MR) is 93.4 cm³/mol. The molecular weight excluding hydrogens is 298 g/mol. The van der Waals surface area contributed by atoms with E-state index in [1.165, 1.54) is 37.7 Å². The summed E-state index contributed by atoms with van der Waals surface area (Å²) in [5.41, 5.74) is 1.60. The molecule has 6 atom stereocenters. The second kappa shape index (κ2) is 4.94. The summed E-state index contributed by atoms with van der Waals surface area (Å²) < 4.78 is 6.88. The van der Waals surface area contributed by atoms with E-state index in [1.54, 1.807) is 0 Å². The van der Waals surface area contributed by atoms with Gasteiger partial charge in [-0.25, -0.2) is 0 Å². The van der Waals surface area contributed by atoms with Crippen molar-refractivity contribution in [3.8, 4) is 0 Å². The number of nitrogens with zero attached hydrogens (tertiary/aromatic N) is 1. The van der Waals surface area contributed by atoms with Gasteiger partial charge in [0.2, 0.25) is 0 Å². The zero-order chi connectivity index (χ0) is 16.7. The molecule has 0 N–H and O–H groups in total. The molecule has 0 unspecified atom stereocenters. The molecule has 2 aliphatic heterocycles. The SMILES string of the molecule is C[C@@H]1CC[C@@H]2[C@@H](C1)O[C@@H]1N(CC3=CC(=O)[C@@H]4CCCC[C@@]314)C2(C)C. The number of hydrogen-bond donors (Lipinski definition) is 0. The number of ether oxygens (including phenoxy) is 1. The monoisotopic (exact) mass is 329 g/mol. The summed E-state index contributed by atoms with van der Waals surface area (Å²) in [6.07, 6.45) is 11.0. The average molecular weight is 329 g/mol. The van der Waals surface area contributed by atoms with Crippen LogP contribution in [0.3, 0.4) is 0 Å². The maximum atomic E-state index is 12.6. The van der Waals surface area contributed by atoms with E-state index < -0.39 is 0 Å². The summed E-state index contributed by atoms with van der Waals surface area (Å²) in [4.78, 5) is 15.3. The molecule has 24 heavy (non-hydrogen) atoms. The van der Waals surface area contributed by atoms with Crippen LogP contribution in [0.4, 0.5) is 0 Å². The molecule has 0 aromatic heterocycles. The third-order valence-electron chi connectivity index (χ3n) is 8.28. The van der Waals surface area contributed by atoms with Gasteiger partial charge in [0.15, 0.2) is 5.78 Å². The summed E-state index contributed by atoms with van der Waals surface area (Å²) in [5.74, 6) is 2.00. The van der Waals surface area contributed by atoms with E-state index in [4.69, 9.17) is 4.74 Å². The highest BCUT2D eigenvalue weighted by Crippen LogP contribution is 2.62. The first-order chi connectivity index (χ1) is 11.4. The molecule has 3 aliphatic carbocycles. The summed E-state index contributed by atoms with van der Waals surface area (Å²) in [7, 11) is 0. The van der Waals surface area contributed by atoms with Gasteiger partial charge in [0.25, 0.3) is 0 Å². The van der Waals surface area contributed by atoms with Gasteiger partial charge in [-0.2, -0.15) is 0 Å². The molecule has 0 amide bonds. The number of hydrogen-bond acceptors (Lipinski definition) is 3. The summed E-state index contributed by atoms with van der Waals surface area (Å²) in [6.45, 7) is 8.21. The summed E-state index contributed by atoms with van der Waals surface area (Å²) in [5, 5.41) is 0. The molecular formula is C21H31NO2. The third-order valence-corrected chi connectivity index (χ3v) is 8.28. The Bertz CT molecular complexity index is 609. The van der Waals surface area contributed by atoms with E-state index in [9.17, 15) is 4.79 Å². The van der Waals surface area contributed by atoms with Crippen LogP contribution in [-0.2, 0) is 9.53 Å². The first-order valence-corrected chi connectivity index (χ1v) is 10.1. The van der Waals surface area contributed by atoms with E-state index in [2.05, 4.69) is 25.7 Å². The molecule has 0 aromatic rings. The highest BCUT2D eigenvalue weighted by atomic mass is 16.5. The van der Waals surface area contributed by atoms with Crippen LogP contribution in [0.2, 0.25) is 0 Å². The quantitative estimate of drug-likeness (QED) is 0.674. The van der Waals surface area contributed by atoms with Gasteiger partial charge in [-0.1, -0.05) is 26.2 Å². The van der Waals surface area contributed by atoms with Crippen molar-refractivity contribution in [2.24, 2.45) is 23.2 Å². The molecule has 5 aliphatic rings. The van der Waals surface area contributed by atoms with Crippen LogP contribution in [0, 0.1) is 23.2 Å². The molecule has 0 bridgehead atoms. The fraction of sp³-hybridized carbons (Fsp3) is 0.857. The Balaban J connectivity index is 1.57. The zero-order valence-electron chi connectivity index (χ0n) is 15.4. The van der Waals surface area contributed by atoms with Crippen LogP contribution in [0.1, 0.15) is 65.7 Å². The number of carbonyl (C=O) groups is 1. The zero-order valence-corrected chi connectivity index (χ0v) is 15.4. The maximum absolute atomic E-state index is 12.6. The van der Waals surface area contributed by atoms with Gasteiger partial charge in [-0.05, 0) is 57.1 Å². The topological polar surface area (TPSA) is 29.5 Å². The molecule has 2 saturated heterocycles. The largest absolute Gasteiger partial charge is 0.359 e.